The highest BCUT2D eigenvalue weighted by Crippen LogP contribution is 2.31. The van der Waals surface area contributed by atoms with Gasteiger partial charge in [0.05, 0.1) is 11.9 Å². The fourth-order valence-electron chi connectivity index (χ4n) is 2.06. The monoisotopic (exact) mass is 241 g/mol. The molecule has 1 aliphatic heterocycles. The highest BCUT2D eigenvalue weighted by Gasteiger charge is 2.23. The fourth-order valence-corrected chi connectivity index (χ4v) is 3.06. The standard InChI is InChI=1S/C11H15NO3S/c1-2-11(16(12,13)14)9-3-4-10-8(7-9)5-6-15-10/h3-4,7,11H,2,5-6H2,1H3,(H2,12,13,14). The maximum Gasteiger partial charge on any atom is 0.216 e. The predicted octanol–water partition coefficient (Wildman–Crippen LogP) is 1.36. The Morgan fingerprint density at radius 1 is 1.50 bits per heavy atom. The van der Waals surface area contributed by atoms with Gasteiger partial charge in [-0.3, -0.25) is 0 Å². The molecule has 0 radical (unpaired) electrons. The number of sulfonamides is 1. The summed E-state index contributed by atoms with van der Waals surface area (Å²) in [5, 5.41) is 4.60. The van der Waals surface area contributed by atoms with Crippen LogP contribution in [0.5, 0.6) is 5.75 Å². The van der Waals surface area contributed by atoms with Gasteiger partial charge < -0.3 is 4.74 Å². The average molecular weight is 241 g/mol. The minimum atomic E-state index is -3.53. The van der Waals surface area contributed by atoms with Crippen LogP contribution in [-0.4, -0.2) is 15.0 Å². The molecule has 1 heterocycles. The molecule has 0 aromatic heterocycles. The van der Waals surface area contributed by atoms with E-state index in [1.165, 1.54) is 0 Å². The minimum absolute atomic E-state index is 0.485. The maximum absolute atomic E-state index is 11.4. The molecule has 1 unspecified atom stereocenters. The van der Waals surface area contributed by atoms with Gasteiger partial charge in [0.15, 0.2) is 0 Å². The van der Waals surface area contributed by atoms with Crippen molar-refractivity contribution in [2.45, 2.75) is 25.0 Å². The molecule has 0 spiro atoms. The number of hydrogen-bond acceptors (Lipinski definition) is 3. The van der Waals surface area contributed by atoms with E-state index < -0.39 is 15.3 Å². The van der Waals surface area contributed by atoms with E-state index >= 15 is 0 Å². The summed E-state index contributed by atoms with van der Waals surface area (Å²) in [6.45, 7) is 2.49. The molecule has 1 aromatic rings. The highest BCUT2D eigenvalue weighted by molar-refractivity contribution is 7.89. The van der Waals surface area contributed by atoms with E-state index in [-0.39, 0.29) is 0 Å². The smallest absolute Gasteiger partial charge is 0.216 e. The van der Waals surface area contributed by atoms with Gasteiger partial charge in [-0.2, -0.15) is 0 Å². The lowest BCUT2D eigenvalue weighted by Crippen LogP contribution is -2.21. The van der Waals surface area contributed by atoms with E-state index in [0.717, 1.165) is 23.3 Å². The summed E-state index contributed by atoms with van der Waals surface area (Å²) in [5.41, 5.74) is 1.83. The second-order valence-electron chi connectivity index (χ2n) is 3.95. The Morgan fingerprint density at radius 2 is 2.25 bits per heavy atom. The summed E-state index contributed by atoms with van der Waals surface area (Å²) < 4.78 is 28.2. The van der Waals surface area contributed by atoms with Crippen LogP contribution in [0.25, 0.3) is 0 Å². The molecule has 0 aliphatic carbocycles. The van der Waals surface area contributed by atoms with Gasteiger partial charge in [0.1, 0.15) is 5.75 Å². The van der Waals surface area contributed by atoms with Gasteiger partial charge >= 0.3 is 0 Å². The molecule has 2 rings (SSSR count). The first kappa shape index (κ1) is 11.4. The summed E-state index contributed by atoms with van der Waals surface area (Å²) in [5.74, 6) is 0.855. The van der Waals surface area contributed by atoms with Crippen molar-refractivity contribution < 1.29 is 13.2 Å². The Bertz CT molecular complexity index is 496. The predicted molar refractivity (Wildman–Crippen MR) is 61.8 cm³/mol. The van der Waals surface area contributed by atoms with Gasteiger partial charge in [0.2, 0.25) is 10.0 Å². The molecule has 4 nitrogen and oxygen atoms in total. The third-order valence-electron chi connectivity index (χ3n) is 2.85. The molecule has 5 heteroatoms. The quantitative estimate of drug-likeness (QED) is 0.868. The first-order valence-electron chi connectivity index (χ1n) is 5.29. The van der Waals surface area contributed by atoms with Crippen molar-refractivity contribution in [2.24, 2.45) is 5.14 Å². The number of benzene rings is 1. The molecule has 88 valence electrons. The summed E-state index contributed by atoms with van der Waals surface area (Å²) in [6.07, 6.45) is 1.32. The normalized spacial score (nSPS) is 16.6. The zero-order chi connectivity index (χ0) is 11.8. The Balaban J connectivity index is 2.40. The third-order valence-corrected chi connectivity index (χ3v) is 4.25. The van der Waals surface area contributed by atoms with Crippen molar-refractivity contribution in [2.75, 3.05) is 6.61 Å². The summed E-state index contributed by atoms with van der Waals surface area (Å²) in [7, 11) is -3.53. The van der Waals surface area contributed by atoms with Crippen LogP contribution in [0.4, 0.5) is 0 Å². The Labute approximate surface area is 95.5 Å². The van der Waals surface area contributed by atoms with Gasteiger partial charge in [0, 0.05) is 6.42 Å². The van der Waals surface area contributed by atoms with E-state index in [2.05, 4.69) is 0 Å². The minimum Gasteiger partial charge on any atom is -0.493 e. The van der Waals surface area contributed by atoms with Crippen molar-refractivity contribution in [3.8, 4) is 5.75 Å². The van der Waals surface area contributed by atoms with E-state index in [1.54, 1.807) is 6.07 Å². The van der Waals surface area contributed by atoms with Crippen LogP contribution >= 0.6 is 0 Å². The number of fused-ring (bicyclic) bond motifs is 1. The average Bonchev–Trinajstić information content (AvgIpc) is 2.63. The Morgan fingerprint density at radius 3 is 2.88 bits per heavy atom. The lowest BCUT2D eigenvalue weighted by molar-refractivity contribution is 0.357. The number of hydrogen-bond donors (Lipinski definition) is 1. The second kappa shape index (κ2) is 4.07. The number of rotatable bonds is 3. The molecule has 1 aliphatic rings. The van der Waals surface area contributed by atoms with E-state index in [1.807, 2.05) is 19.1 Å². The van der Waals surface area contributed by atoms with Crippen molar-refractivity contribution >= 4 is 10.0 Å². The first-order chi connectivity index (χ1) is 7.52. The molecule has 1 atom stereocenters. The maximum atomic E-state index is 11.4. The number of nitrogens with two attached hydrogens (primary N) is 1. The second-order valence-corrected chi connectivity index (χ2v) is 5.70. The van der Waals surface area contributed by atoms with Crippen LogP contribution in [0.1, 0.15) is 29.7 Å². The SMILES string of the molecule is CCC(c1ccc2c(c1)CCO2)S(N)(=O)=O. The number of ether oxygens (including phenoxy) is 1. The van der Waals surface area contributed by atoms with Crippen LogP contribution in [0.15, 0.2) is 18.2 Å². The van der Waals surface area contributed by atoms with Gasteiger partial charge in [-0.15, -0.1) is 0 Å². The fraction of sp³-hybridized carbons (Fsp3) is 0.455. The zero-order valence-corrected chi connectivity index (χ0v) is 9.96. The van der Waals surface area contributed by atoms with Crippen molar-refractivity contribution in [3.05, 3.63) is 29.3 Å². The zero-order valence-electron chi connectivity index (χ0n) is 9.14. The van der Waals surface area contributed by atoms with E-state index in [9.17, 15) is 8.42 Å². The molecule has 16 heavy (non-hydrogen) atoms. The molecule has 2 N–H and O–H groups in total. The molecule has 0 fully saturated rings. The largest absolute Gasteiger partial charge is 0.493 e. The van der Waals surface area contributed by atoms with Crippen LogP contribution in [-0.2, 0) is 16.4 Å². The van der Waals surface area contributed by atoms with Crippen LogP contribution in [0, 0.1) is 0 Å². The topological polar surface area (TPSA) is 69.4 Å². The van der Waals surface area contributed by atoms with Crippen molar-refractivity contribution in [1.29, 1.82) is 0 Å². The van der Waals surface area contributed by atoms with Gasteiger partial charge in [0.25, 0.3) is 0 Å². The molecular formula is C11H15NO3S. The summed E-state index contributed by atoms with van der Waals surface area (Å²) >= 11 is 0. The molecule has 1 aromatic carbocycles. The first-order valence-corrected chi connectivity index (χ1v) is 6.90. The van der Waals surface area contributed by atoms with Gasteiger partial charge in [-0.25, -0.2) is 13.6 Å². The number of primary sulfonamides is 1. The molecule has 0 bridgehead atoms. The summed E-state index contributed by atoms with van der Waals surface area (Å²) in [4.78, 5) is 0. The molecule has 0 saturated heterocycles. The van der Waals surface area contributed by atoms with Gasteiger partial charge in [-0.1, -0.05) is 19.1 Å². The van der Waals surface area contributed by atoms with Crippen LogP contribution in [0.2, 0.25) is 0 Å². The molecular weight excluding hydrogens is 226 g/mol. The van der Waals surface area contributed by atoms with Crippen molar-refractivity contribution in [3.63, 3.8) is 0 Å². The lowest BCUT2D eigenvalue weighted by atomic mass is 10.0. The Kier molecular flexibility index (Phi) is 2.90. The third kappa shape index (κ3) is 2.05. The van der Waals surface area contributed by atoms with Crippen molar-refractivity contribution in [1.82, 2.24) is 0 Å². The molecule has 0 saturated carbocycles. The van der Waals surface area contributed by atoms with E-state index in [0.29, 0.717) is 13.0 Å². The Hall–Kier alpha value is -1.07. The van der Waals surface area contributed by atoms with E-state index in [4.69, 9.17) is 9.88 Å². The van der Waals surface area contributed by atoms with Gasteiger partial charge in [-0.05, 0) is 23.6 Å². The highest BCUT2D eigenvalue weighted by atomic mass is 32.2. The summed E-state index contributed by atoms with van der Waals surface area (Å²) in [6, 6.07) is 5.50. The lowest BCUT2D eigenvalue weighted by Gasteiger charge is -2.13. The van der Waals surface area contributed by atoms with Crippen LogP contribution in [0.3, 0.4) is 0 Å². The molecule has 0 amide bonds. The van der Waals surface area contributed by atoms with Crippen LogP contribution < -0.4 is 9.88 Å².